The molecule has 0 radical (unpaired) electrons. The summed E-state index contributed by atoms with van der Waals surface area (Å²) in [6, 6.07) is -11.9. The summed E-state index contributed by atoms with van der Waals surface area (Å²) >= 11 is 1.37. The molecule has 0 saturated carbocycles. The van der Waals surface area contributed by atoms with Crippen molar-refractivity contribution >= 4 is 76.7 Å². The zero-order valence-electron chi connectivity index (χ0n) is 58.1. The van der Waals surface area contributed by atoms with Crippen LogP contribution in [0.1, 0.15) is 156 Å². The van der Waals surface area contributed by atoms with E-state index in [4.69, 9.17) is 4.74 Å². The van der Waals surface area contributed by atoms with Gasteiger partial charge in [-0.05, 0) is 107 Å². The average molecular weight is 1260 g/mol. The number of nitrogens with zero attached hydrogens (tertiary/aromatic N) is 7. The summed E-state index contributed by atoms with van der Waals surface area (Å²) in [5, 5.41) is 11.2. The van der Waals surface area contributed by atoms with E-state index in [0.717, 1.165) is 4.90 Å². The van der Waals surface area contributed by atoms with Crippen LogP contribution < -0.4 is 21.3 Å². The molecule has 88 heavy (non-hydrogen) atoms. The van der Waals surface area contributed by atoms with Crippen LogP contribution >= 0.6 is 11.8 Å². The molecule has 0 spiro atoms. The Bertz CT molecular complexity index is 2390. The molecule has 0 aliphatic carbocycles. The van der Waals surface area contributed by atoms with Gasteiger partial charge in [0, 0.05) is 49.3 Å². The van der Waals surface area contributed by atoms with E-state index in [-0.39, 0.29) is 67.6 Å². The van der Waals surface area contributed by atoms with Gasteiger partial charge in [-0.3, -0.25) is 52.7 Å². The summed E-state index contributed by atoms with van der Waals surface area (Å²) in [6.07, 6.45) is 5.85. The summed E-state index contributed by atoms with van der Waals surface area (Å²) in [6.45, 7) is 29.9. The van der Waals surface area contributed by atoms with Crippen LogP contribution in [0.4, 0.5) is 0 Å². The molecule has 0 aromatic heterocycles. The van der Waals surface area contributed by atoms with E-state index in [1.807, 2.05) is 87.6 Å². The molecule has 1 aliphatic rings. The largest absolute Gasteiger partial charge is 0.365 e. The van der Waals surface area contributed by atoms with Gasteiger partial charge in [-0.1, -0.05) is 109 Å². The lowest BCUT2D eigenvalue weighted by Crippen LogP contribution is -2.64. The van der Waals surface area contributed by atoms with Crippen LogP contribution in [-0.2, 0) is 57.5 Å². The molecule has 0 unspecified atom stereocenters. The first-order valence-corrected chi connectivity index (χ1v) is 32.9. The molecule has 504 valence electrons. The maximum atomic E-state index is 15.5. The Hall–Kier alpha value is -5.78. The van der Waals surface area contributed by atoms with E-state index in [1.165, 1.54) is 104 Å². The van der Waals surface area contributed by atoms with Crippen molar-refractivity contribution in [2.75, 3.05) is 68.1 Å². The zero-order chi connectivity index (χ0) is 68.1. The number of rotatable bonds is 18. The van der Waals surface area contributed by atoms with Gasteiger partial charge in [0.05, 0.1) is 18.6 Å². The Morgan fingerprint density at radius 2 is 0.920 bits per heavy atom. The molecule has 0 aromatic carbocycles. The Labute approximate surface area is 532 Å². The number of allylic oxidation sites excluding steroid dienone is 2. The Balaban J connectivity index is 4.42. The lowest BCUT2D eigenvalue weighted by Gasteiger charge is -2.42. The van der Waals surface area contributed by atoms with Gasteiger partial charge in [0.1, 0.15) is 60.4 Å². The number of carbonyl (C=O) groups excluding carboxylic acids is 11. The summed E-state index contributed by atoms with van der Waals surface area (Å²) in [5.74, 6) is -8.84. The first-order valence-electron chi connectivity index (χ1n) is 31.5. The highest BCUT2D eigenvalue weighted by Crippen LogP contribution is 2.27. The lowest BCUT2D eigenvalue weighted by molar-refractivity contribution is -0.158. The number of hydrogen-bond acceptors (Lipinski definition) is 13. The van der Waals surface area contributed by atoms with Crippen molar-refractivity contribution in [3.8, 4) is 0 Å². The van der Waals surface area contributed by atoms with Crippen LogP contribution in [0.25, 0.3) is 0 Å². The van der Waals surface area contributed by atoms with Crippen molar-refractivity contribution in [3.63, 3.8) is 0 Å². The van der Waals surface area contributed by atoms with Crippen LogP contribution in [0.5, 0.6) is 0 Å². The van der Waals surface area contributed by atoms with Crippen molar-refractivity contribution in [1.29, 1.82) is 0 Å². The SMILES string of the molecule is C/C=C/C[C@@H](C)[C@@H](OCSC)[C@H]1C(=O)N[C@@H](CC)C(=O)N(C)CC(=O)N(C)[C@@H](CC(C)C)C(=O)N[C@@H](C(C)C)C(=O)N(C)[C@@H](CC(C)C)C(=O)N[C@@H](C)C(=O)N[C@H](C)C(=O)N(C)[C@@H](CC(C)C)C(=O)N(C)[C@@H](CC(C)C)C(=O)N(C)[C@@H](C(C)C)C(=O)N1C. The van der Waals surface area contributed by atoms with Gasteiger partial charge in [0.2, 0.25) is 65.0 Å². The van der Waals surface area contributed by atoms with Gasteiger partial charge in [0.25, 0.3) is 0 Å². The fraction of sp³-hybridized carbons (Fsp3) is 0.797. The number of nitrogens with one attached hydrogen (secondary N) is 4. The number of thioether (sulfide) groups is 1. The Morgan fingerprint density at radius 3 is 1.38 bits per heavy atom. The molecule has 24 heteroatoms. The molecule has 1 heterocycles. The quantitative estimate of drug-likeness (QED) is 0.108. The van der Waals surface area contributed by atoms with E-state index < -0.39 is 150 Å². The van der Waals surface area contributed by atoms with E-state index in [1.54, 1.807) is 34.6 Å². The zero-order valence-corrected chi connectivity index (χ0v) is 59.0. The maximum absolute atomic E-state index is 15.5. The topological polar surface area (TPSA) is 268 Å². The normalized spacial score (nSPS) is 26.4. The van der Waals surface area contributed by atoms with Gasteiger partial charge < -0.3 is 60.3 Å². The molecular weight excluding hydrogens is 1150 g/mol. The lowest BCUT2D eigenvalue weighted by atomic mass is 9.91. The van der Waals surface area contributed by atoms with Crippen molar-refractivity contribution in [3.05, 3.63) is 12.2 Å². The van der Waals surface area contributed by atoms with Crippen LogP contribution in [0, 0.1) is 41.4 Å². The number of ether oxygens (including phenoxy) is 1. The predicted octanol–water partition coefficient (Wildman–Crippen LogP) is 4.61. The van der Waals surface area contributed by atoms with Gasteiger partial charge >= 0.3 is 0 Å². The summed E-state index contributed by atoms with van der Waals surface area (Å²) in [7, 11) is 10.2. The van der Waals surface area contributed by atoms with Crippen molar-refractivity contribution in [1.82, 2.24) is 55.6 Å². The molecule has 0 bridgehead atoms. The van der Waals surface area contributed by atoms with Crippen LogP contribution in [-0.4, -0.2) is 234 Å². The Morgan fingerprint density at radius 1 is 0.489 bits per heavy atom. The highest BCUT2D eigenvalue weighted by Gasteiger charge is 2.46. The van der Waals surface area contributed by atoms with Crippen LogP contribution in [0.3, 0.4) is 0 Å². The molecule has 1 fully saturated rings. The number of carbonyl (C=O) groups is 11. The minimum absolute atomic E-state index is 0.0648. The second-order valence-corrected chi connectivity index (χ2v) is 27.5. The molecule has 23 nitrogen and oxygen atoms in total. The Kier molecular flexibility index (Phi) is 34.1. The molecule has 4 N–H and O–H groups in total. The molecule has 0 aromatic rings. The summed E-state index contributed by atoms with van der Waals surface area (Å²) in [5.41, 5.74) is 0. The van der Waals surface area contributed by atoms with Crippen molar-refractivity contribution in [2.24, 2.45) is 41.4 Å². The molecule has 1 rings (SSSR count). The third kappa shape index (κ3) is 22.9. The number of likely N-dealkylation sites (N-methyl/N-ethyl adjacent to an activating group) is 7. The molecule has 1 saturated heterocycles. The third-order valence-corrected chi connectivity index (χ3v) is 16.8. The molecule has 1 aliphatic heterocycles. The predicted molar refractivity (Wildman–Crippen MR) is 346 cm³/mol. The molecular formula is C64H115N11O12S. The maximum Gasteiger partial charge on any atom is 0.246 e. The van der Waals surface area contributed by atoms with E-state index in [9.17, 15) is 33.6 Å². The number of hydrogen-bond donors (Lipinski definition) is 4. The van der Waals surface area contributed by atoms with E-state index in [2.05, 4.69) is 21.3 Å². The fourth-order valence-electron chi connectivity index (χ4n) is 11.1. The molecule has 11 amide bonds. The van der Waals surface area contributed by atoms with Crippen molar-refractivity contribution in [2.45, 2.75) is 223 Å². The number of amides is 11. The van der Waals surface area contributed by atoms with E-state index in [0.29, 0.717) is 6.42 Å². The molecule has 12 atom stereocenters. The first-order chi connectivity index (χ1) is 40.7. The minimum atomic E-state index is -1.38. The highest BCUT2D eigenvalue weighted by atomic mass is 32.2. The van der Waals surface area contributed by atoms with Gasteiger partial charge in [-0.25, -0.2) is 0 Å². The monoisotopic (exact) mass is 1260 g/mol. The van der Waals surface area contributed by atoms with Crippen molar-refractivity contribution < 1.29 is 57.5 Å². The van der Waals surface area contributed by atoms with Crippen LogP contribution in [0.15, 0.2) is 12.2 Å². The summed E-state index contributed by atoms with van der Waals surface area (Å²) < 4.78 is 6.47. The fourth-order valence-corrected chi connectivity index (χ4v) is 11.4. The third-order valence-electron chi connectivity index (χ3n) is 16.4. The van der Waals surface area contributed by atoms with E-state index >= 15 is 19.2 Å². The smallest absolute Gasteiger partial charge is 0.246 e. The second-order valence-electron chi connectivity index (χ2n) is 26.6. The summed E-state index contributed by atoms with van der Waals surface area (Å²) in [4.78, 5) is 171. The van der Waals surface area contributed by atoms with Crippen LogP contribution in [0.2, 0.25) is 0 Å². The minimum Gasteiger partial charge on any atom is -0.365 e. The van der Waals surface area contributed by atoms with Gasteiger partial charge in [0.15, 0.2) is 0 Å². The highest BCUT2D eigenvalue weighted by molar-refractivity contribution is 7.98. The van der Waals surface area contributed by atoms with Gasteiger partial charge in [-0.15, -0.1) is 11.8 Å². The second kappa shape index (κ2) is 37.4. The van der Waals surface area contributed by atoms with Gasteiger partial charge in [-0.2, -0.15) is 0 Å². The standard InChI is InChI=1S/C64H115N11O12S/c1-26-28-29-42(15)54(87-35-88-25)53-58(80)67-45(27-2)60(82)69(18)34-50(76)70(19)46(30-36(3)4)57(79)68-51(40(11)12)63(85)71(20)47(31-37(5)6)56(78)65-43(16)55(77)66-44(17)59(81)72(21)48(32-38(7)8)61(83)73(22)49(33-39(9)10)62(84)74(23)52(41(13)14)64(86)75(53)24/h26,28,36-49,51-54H,27,29-35H2,1-25H3,(H,65,78)(H,66,77)(H,67,80)(H,68,79)/b28-26+/t42-,43+,44-,45+,46+,47+,48+,49+,51+,52+,53+,54-/m1/s1. The first kappa shape index (κ1) is 80.2. The average Bonchev–Trinajstić information content (AvgIpc) is 2.03.